The number of phenolic OH excluding ortho intramolecular Hbond substituents is 1. The van der Waals surface area contributed by atoms with Crippen LogP contribution in [0.5, 0.6) is 5.75 Å². The van der Waals surface area contributed by atoms with Crippen molar-refractivity contribution < 1.29 is 5.11 Å². The molecular formula is C44H22Cl8N4O. The third-order valence-corrected chi connectivity index (χ3v) is 12.2. The van der Waals surface area contributed by atoms with Crippen LogP contribution in [-0.4, -0.2) is 25.0 Å². The minimum Gasteiger partial charge on any atom is -0.508 e. The highest BCUT2D eigenvalue weighted by molar-refractivity contribution is 6.42. The summed E-state index contributed by atoms with van der Waals surface area (Å²) in [7, 11) is 0. The van der Waals surface area contributed by atoms with Crippen LogP contribution in [-0.2, 0) is 0 Å². The lowest BCUT2D eigenvalue weighted by Gasteiger charge is -2.11. The first kappa shape index (κ1) is 38.1. The summed E-state index contributed by atoms with van der Waals surface area (Å²) < 4.78 is 0. The number of hydrogen-bond acceptors (Lipinski definition) is 3. The molecule has 0 saturated carbocycles. The van der Waals surface area contributed by atoms with Gasteiger partial charge in [-0.15, -0.1) is 0 Å². The van der Waals surface area contributed by atoms with Gasteiger partial charge in [-0.3, -0.25) is 0 Å². The number of H-pyrrole nitrogens is 2. The highest BCUT2D eigenvalue weighted by Gasteiger charge is 2.24. The molecule has 0 atom stereocenters. The van der Waals surface area contributed by atoms with Gasteiger partial charge in [0.2, 0.25) is 0 Å². The second-order valence-electron chi connectivity index (χ2n) is 13.1. The third-order valence-electron chi connectivity index (χ3n) is 9.67. The first-order chi connectivity index (χ1) is 27.5. The van der Waals surface area contributed by atoms with Gasteiger partial charge in [0.25, 0.3) is 0 Å². The zero-order valence-corrected chi connectivity index (χ0v) is 34.9. The van der Waals surface area contributed by atoms with Gasteiger partial charge in [0.15, 0.2) is 0 Å². The zero-order valence-electron chi connectivity index (χ0n) is 28.8. The lowest BCUT2D eigenvalue weighted by Crippen LogP contribution is -1.92. The number of halogens is 8. The van der Waals surface area contributed by atoms with Crippen molar-refractivity contribution in [1.82, 2.24) is 19.9 Å². The van der Waals surface area contributed by atoms with Gasteiger partial charge >= 0.3 is 0 Å². The molecule has 0 unspecified atom stereocenters. The summed E-state index contributed by atoms with van der Waals surface area (Å²) in [6, 6.07) is 26.5. The molecule has 8 bridgehead atoms. The fourth-order valence-corrected chi connectivity index (χ4v) is 9.69. The van der Waals surface area contributed by atoms with Crippen LogP contribution in [0, 0.1) is 0 Å². The first-order valence-electron chi connectivity index (χ1n) is 17.2. The topological polar surface area (TPSA) is 77.6 Å². The average molecular weight is 906 g/mol. The molecule has 280 valence electrons. The Kier molecular flexibility index (Phi) is 10.1. The van der Waals surface area contributed by atoms with Crippen LogP contribution in [0.3, 0.4) is 0 Å². The number of hydrogen-bond donors (Lipinski definition) is 3. The molecule has 5 heterocycles. The Morgan fingerprint density at radius 2 is 0.579 bits per heavy atom. The number of phenols is 1. The Balaban J connectivity index is 1.55. The molecule has 13 heteroatoms. The number of nitrogens with zero attached hydrogens (tertiary/aromatic N) is 2. The van der Waals surface area contributed by atoms with Crippen molar-refractivity contribution in [2.45, 2.75) is 0 Å². The maximum absolute atomic E-state index is 10.4. The Morgan fingerprint density at radius 1 is 0.333 bits per heavy atom. The number of nitrogens with one attached hydrogen (secondary N) is 2. The Bertz CT molecular complexity index is 2960. The van der Waals surface area contributed by atoms with E-state index in [4.69, 9.17) is 103 Å². The molecule has 0 fully saturated rings. The molecule has 0 radical (unpaired) electrons. The van der Waals surface area contributed by atoms with E-state index in [1.807, 2.05) is 48.6 Å². The van der Waals surface area contributed by atoms with Crippen LogP contribution < -0.4 is 0 Å². The van der Waals surface area contributed by atoms with Crippen LogP contribution in [0.15, 0.2) is 91.0 Å². The Morgan fingerprint density at radius 3 is 0.842 bits per heavy atom. The molecule has 2 aliphatic heterocycles. The van der Waals surface area contributed by atoms with Crippen LogP contribution >= 0.6 is 92.8 Å². The van der Waals surface area contributed by atoms with Crippen LogP contribution in [0.1, 0.15) is 22.8 Å². The molecule has 9 rings (SSSR count). The van der Waals surface area contributed by atoms with Crippen LogP contribution in [0.4, 0.5) is 0 Å². The summed E-state index contributed by atoms with van der Waals surface area (Å²) in [5.74, 6) is -0.0891. The summed E-state index contributed by atoms with van der Waals surface area (Å²) in [5.41, 5.74) is 9.25. The molecular weight excluding hydrogens is 884 g/mol. The Hall–Kier alpha value is -4.40. The maximum Gasteiger partial charge on any atom is 0.118 e. The van der Waals surface area contributed by atoms with Gasteiger partial charge in [-0.1, -0.05) is 111 Å². The molecule has 3 aromatic heterocycles. The smallest absolute Gasteiger partial charge is 0.118 e. The van der Waals surface area contributed by atoms with E-state index in [1.165, 1.54) is 12.1 Å². The lowest BCUT2D eigenvalue weighted by atomic mass is 10.0. The number of fused-ring (bicyclic) bond motifs is 8. The zero-order chi connectivity index (χ0) is 39.7. The highest BCUT2D eigenvalue weighted by Crippen LogP contribution is 2.47. The van der Waals surface area contributed by atoms with Gasteiger partial charge in [-0.2, -0.15) is 0 Å². The monoisotopic (exact) mass is 902 g/mol. The van der Waals surface area contributed by atoms with Gasteiger partial charge in [0, 0.05) is 66.6 Å². The molecule has 3 N–H and O–H groups in total. The second kappa shape index (κ2) is 15.1. The second-order valence-corrected chi connectivity index (χ2v) is 16.3. The van der Waals surface area contributed by atoms with Crippen molar-refractivity contribution in [2.75, 3.05) is 0 Å². The van der Waals surface area contributed by atoms with Crippen molar-refractivity contribution in [3.63, 3.8) is 0 Å². The standard InChI is InChI=1S/C44H22Cl8N4O/c45-21-4-1-5-22(46)37(21)41-29-10-12-31(53-29)42(38-23(47)6-2-7-24(38)48)33-14-16-35(55-33)44(40-27(51)18-20(57)19-28(40)52)36-17-15-34(56-36)43(32-13-11-30(41)54-32)39-25(49)8-3-9-26(39)50/h1-19,53,56-57H. The predicted molar refractivity (Wildman–Crippen MR) is 242 cm³/mol. The predicted octanol–water partition coefficient (Wildman–Crippen LogP) is 16.3. The number of aromatic hydroxyl groups is 1. The fraction of sp³-hybridized carbons (Fsp3) is 0. The van der Waals surface area contributed by atoms with Crippen molar-refractivity contribution in [3.8, 4) is 50.3 Å². The van der Waals surface area contributed by atoms with E-state index in [-0.39, 0.29) is 15.8 Å². The Labute approximate surface area is 365 Å². The quantitative estimate of drug-likeness (QED) is 0.165. The van der Waals surface area contributed by atoms with Gasteiger partial charge in [0.05, 0.1) is 63.0 Å². The van der Waals surface area contributed by atoms with Crippen LogP contribution in [0.25, 0.3) is 90.9 Å². The van der Waals surface area contributed by atoms with Gasteiger partial charge in [-0.25, -0.2) is 9.97 Å². The lowest BCUT2D eigenvalue weighted by molar-refractivity contribution is 0.475. The normalized spacial score (nSPS) is 12.1. The van der Waals surface area contributed by atoms with E-state index in [1.54, 1.807) is 54.6 Å². The molecule has 0 amide bonds. The molecule has 2 aliphatic rings. The highest BCUT2D eigenvalue weighted by atomic mass is 35.5. The van der Waals surface area contributed by atoms with E-state index in [0.29, 0.717) is 119 Å². The molecule has 4 aromatic carbocycles. The molecule has 5 nitrogen and oxygen atoms in total. The van der Waals surface area contributed by atoms with E-state index in [0.717, 1.165) is 0 Å². The first-order valence-corrected chi connectivity index (χ1v) is 20.2. The summed E-state index contributed by atoms with van der Waals surface area (Å²) >= 11 is 55.4. The van der Waals surface area contributed by atoms with Crippen molar-refractivity contribution >= 4 is 139 Å². The molecule has 0 spiro atoms. The number of aromatic amines is 2. The largest absolute Gasteiger partial charge is 0.508 e. The minimum absolute atomic E-state index is 0.0891. The van der Waals surface area contributed by atoms with Crippen molar-refractivity contribution in [1.29, 1.82) is 0 Å². The van der Waals surface area contributed by atoms with E-state index in [9.17, 15) is 5.11 Å². The molecule has 57 heavy (non-hydrogen) atoms. The molecule has 0 aliphatic carbocycles. The van der Waals surface area contributed by atoms with Gasteiger partial charge in [0.1, 0.15) is 5.75 Å². The number of rotatable bonds is 4. The van der Waals surface area contributed by atoms with Crippen LogP contribution in [0.2, 0.25) is 40.2 Å². The maximum atomic E-state index is 10.4. The fourth-order valence-electron chi connectivity index (χ4n) is 7.27. The average Bonchev–Trinajstić information content (AvgIpc) is 4.00. The molecule has 0 saturated heterocycles. The number of aromatic nitrogens is 4. The SMILES string of the molecule is Oc1cc(Cl)c(-c2c3nc(c(-c4c(Cl)cccc4Cl)c4ccc([nH]4)c(-c4c(Cl)cccc4Cl)c4nc(c(-c5c(Cl)cccc5Cl)c5ccc2[nH]5)C=C4)C=C3)c(Cl)c1. The van der Waals surface area contributed by atoms with E-state index < -0.39 is 0 Å². The van der Waals surface area contributed by atoms with Crippen molar-refractivity contribution in [2.24, 2.45) is 0 Å². The summed E-state index contributed by atoms with van der Waals surface area (Å²) in [5, 5.41) is 13.4. The summed E-state index contributed by atoms with van der Waals surface area (Å²) in [6.07, 6.45) is 7.52. The van der Waals surface area contributed by atoms with Crippen molar-refractivity contribution in [3.05, 3.63) is 154 Å². The molecule has 7 aromatic rings. The summed E-state index contributed by atoms with van der Waals surface area (Å²) in [4.78, 5) is 17.6. The minimum atomic E-state index is -0.0891. The van der Waals surface area contributed by atoms with Gasteiger partial charge < -0.3 is 15.1 Å². The summed E-state index contributed by atoms with van der Waals surface area (Å²) in [6.45, 7) is 0. The van der Waals surface area contributed by atoms with E-state index in [2.05, 4.69) is 9.97 Å². The van der Waals surface area contributed by atoms with E-state index >= 15 is 0 Å². The number of benzene rings is 4. The van der Waals surface area contributed by atoms with Gasteiger partial charge in [-0.05, 0) is 97.1 Å². The third kappa shape index (κ3) is 6.70.